The van der Waals surface area contributed by atoms with Crippen molar-refractivity contribution in [2.45, 2.75) is 18.6 Å². The molecule has 31 heavy (non-hydrogen) atoms. The zero-order chi connectivity index (χ0) is 22.5. The number of nitrogens with one attached hydrogen (secondary N) is 1. The second-order valence-electron chi connectivity index (χ2n) is 6.39. The lowest BCUT2D eigenvalue weighted by Gasteiger charge is -2.13. The van der Waals surface area contributed by atoms with E-state index in [1.54, 1.807) is 19.1 Å². The van der Waals surface area contributed by atoms with Gasteiger partial charge in [-0.05, 0) is 19.1 Å². The normalized spacial score (nSPS) is 17.1. The number of nitrogens with zero attached hydrogens (tertiary/aromatic N) is 4. The van der Waals surface area contributed by atoms with Crippen molar-refractivity contribution in [2.24, 2.45) is 4.99 Å². The summed E-state index contributed by atoms with van der Waals surface area (Å²) in [7, 11) is 0. The Labute approximate surface area is 180 Å². The molecule has 1 aliphatic rings. The zero-order valence-electron chi connectivity index (χ0n) is 16.3. The van der Waals surface area contributed by atoms with Gasteiger partial charge >= 0.3 is 0 Å². The fourth-order valence-corrected chi connectivity index (χ4v) is 4.13. The molecule has 0 spiro atoms. The number of nitro groups is 2. The van der Waals surface area contributed by atoms with Gasteiger partial charge in [-0.25, -0.2) is 4.99 Å². The van der Waals surface area contributed by atoms with E-state index < -0.39 is 21.0 Å². The number of amides is 2. The standard InChI is InChI=1S/C19H17N5O6S/c1-2-22-18(26)16(11-17(25)21-14-8-3-4-9-15(14)24(29)30)31-19(22)20-12-6-5-7-13(10-12)23(27)28/h3-10,16H,2,11H2,1H3,(H,21,25). The highest BCUT2D eigenvalue weighted by molar-refractivity contribution is 8.15. The molecule has 1 unspecified atom stereocenters. The Balaban J connectivity index is 1.76. The van der Waals surface area contributed by atoms with Crippen LogP contribution in [0.5, 0.6) is 0 Å². The predicted octanol–water partition coefficient (Wildman–Crippen LogP) is 3.48. The van der Waals surface area contributed by atoms with E-state index in [4.69, 9.17) is 0 Å². The first-order chi connectivity index (χ1) is 14.8. The molecule has 0 saturated carbocycles. The first-order valence-electron chi connectivity index (χ1n) is 9.14. The van der Waals surface area contributed by atoms with Crippen molar-refractivity contribution in [3.8, 4) is 0 Å². The molecule has 3 rings (SSSR count). The third-order valence-corrected chi connectivity index (χ3v) is 5.52. The van der Waals surface area contributed by atoms with Gasteiger partial charge in [0.25, 0.3) is 11.4 Å². The highest BCUT2D eigenvalue weighted by Crippen LogP contribution is 2.33. The Morgan fingerprint density at radius 3 is 2.58 bits per heavy atom. The molecule has 160 valence electrons. The summed E-state index contributed by atoms with van der Waals surface area (Å²) < 4.78 is 0. The van der Waals surface area contributed by atoms with Crippen LogP contribution >= 0.6 is 11.8 Å². The van der Waals surface area contributed by atoms with Gasteiger partial charge in [0.05, 0.1) is 15.5 Å². The Hall–Kier alpha value is -3.80. The molecule has 2 aromatic rings. The molecule has 1 N–H and O–H groups in total. The van der Waals surface area contributed by atoms with Gasteiger partial charge in [0.15, 0.2) is 5.17 Å². The fraction of sp³-hybridized carbons (Fsp3) is 0.211. The third-order valence-electron chi connectivity index (χ3n) is 4.35. The van der Waals surface area contributed by atoms with E-state index in [9.17, 15) is 29.8 Å². The number of thioether (sulfide) groups is 1. The highest BCUT2D eigenvalue weighted by atomic mass is 32.2. The number of nitro benzene ring substituents is 2. The van der Waals surface area contributed by atoms with Crippen LogP contribution < -0.4 is 5.32 Å². The lowest BCUT2D eigenvalue weighted by Crippen LogP contribution is -2.33. The number of rotatable bonds is 7. The molecule has 1 atom stereocenters. The number of benzene rings is 2. The molecule has 0 radical (unpaired) electrons. The second kappa shape index (κ2) is 9.34. The summed E-state index contributed by atoms with van der Waals surface area (Å²) in [6.45, 7) is 2.05. The van der Waals surface area contributed by atoms with E-state index in [1.165, 1.54) is 41.3 Å². The van der Waals surface area contributed by atoms with E-state index in [-0.39, 0.29) is 29.4 Å². The highest BCUT2D eigenvalue weighted by Gasteiger charge is 2.38. The number of aliphatic imine (C=N–C) groups is 1. The largest absolute Gasteiger partial charge is 0.320 e. The number of para-hydroxylation sites is 2. The van der Waals surface area contributed by atoms with Crippen molar-refractivity contribution in [1.82, 2.24) is 4.90 Å². The van der Waals surface area contributed by atoms with Crippen molar-refractivity contribution >= 4 is 51.5 Å². The quantitative estimate of drug-likeness (QED) is 0.508. The van der Waals surface area contributed by atoms with E-state index in [1.807, 2.05) is 0 Å². The van der Waals surface area contributed by atoms with Crippen LogP contribution in [0.1, 0.15) is 13.3 Å². The van der Waals surface area contributed by atoms with Gasteiger partial charge < -0.3 is 5.32 Å². The first-order valence-corrected chi connectivity index (χ1v) is 10.0. The van der Waals surface area contributed by atoms with Crippen molar-refractivity contribution in [3.05, 3.63) is 68.8 Å². The third kappa shape index (κ3) is 5.04. The van der Waals surface area contributed by atoms with Gasteiger partial charge in [-0.2, -0.15) is 0 Å². The summed E-state index contributed by atoms with van der Waals surface area (Å²) in [6, 6.07) is 11.4. The zero-order valence-corrected chi connectivity index (χ0v) is 17.1. The number of hydrogen-bond donors (Lipinski definition) is 1. The molecule has 11 nitrogen and oxygen atoms in total. The molecule has 0 bridgehead atoms. The summed E-state index contributed by atoms with van der Waals surface area (Å²) in [6.07, 6.45) is -0.208. The average molecular weight is 443 g/mol. The minimum atomic E-state index is -0.764. The fourth-order valence-electron chi connectivity index (χ4n) is 2.91. The summed E-state index contributed by atoms with van der Waals surface area (Å²) in [5, 5.41) is 24.1. The maximum atomic E-state index is 12.7. The van der Waals surface area contributed by atoms with Gasteiger partial charge in [0.2, 0.25) is 11.8 Å². The predicted molar refractivity (Wildman–Crippen MR) is 115 cm³/mol. The molecule has 1 heterocycles. The van der Waals surface area contributed by atoms with Crippen molar-refractivity contribution in [1.29, 1.82) is 0 Å². The number of hydrogen-bond acceptors (Lipinski definition) is 8. The Morgan fingerprint density at radius 1 is 1.16 bits per heavy atom. The lowest BCUT2D eigenvalue weighted by molar-refractivity contribution is -0.384. The lowest BCUT2D eigenvalue weighted by atomic mass is 10.2. The van der Waals surface area contributed by atoms with Crippen molar-refractivity contribution in [3.63, 3.8) is 0 Å². The second-order valence-corrected chi connectivity index (χ2v) is 7.56. The number of anilines is 1. The summed E-state index contributed by atoms with van der Waals surface area (Å²) in [4.78, 5) is 51.8. The van der Waals surface area contributed by atoms with Crippen LogP contribution in [0.3, 0.4) is 0 Å². The van der Waals surface area contributed by atoms with Gasteiger partial charge in [0, 0.05) is 31.2 Å². The van der Waals surface area contributed by atoms with E-state index in [2.05, 4.69) is 10.3 Å². The SMILES string of the molecule is CCN1C(=O)C(CC(=O)Nc2ccccc2[N+](=O)[O-])SC1=Nc1cccc([N+](=O)[O-])c1. The van der Waals surface area contributed by atoms with Gasteiger partial charge in [-0.15, -0.1) is 0 Å². The molecule has 1 aliphatic heterocycles. The molecule has 1 fully saturated rings. The molecule has 0 aromatic heterocycles. The monoisotopic (exact) mass is 443 g/mol. The Bertz CT molecular complexity index is 1090. The first kappa shape index (κ1) is 21.9. The van der Waals surface area contributed by atoms with E-state index >= 15 is 0 Å². The summed E-state index contributed by atoms with van der Waals surface area (Å²) in [5.41, 5.74) is -0.0114. The van der Waals surface area contributed by atoms with Gasteiger partial charge in [0.1, 0.15) is 10.9 Å². The number of non-ortho nitro benzene ring substituents is 1. The van der Waals surface area contributed by atoms with Crippen LogP contribution in [0.4, 0.5) is 22.7 Å². The topological polar surface area (TPSA) is 148 Å². The van der Waals surface area contributed by atoms with Crippen molar-refractivity contribution < 1.29 is 19.4 Å². The number of carbonyl (C=O) groups is 2. The molecule has 1 saturated heterocycles. The molecular weight excluding hydrogens is 426 g/mol. The maximum absolute atomic E-state index is 12.7. The molecule has 2 aromatic carbocycles. The van der Waals surface area contributed by atoms with Gasteiger partial charge in [-0.1, -0.05) is 30.0 Å². The van der Waals surface area contributed by atoms with Crippen LogP contribution in [-0.4, -0.2) is 43.5 Å². The summed E-state index contributed by atoms with van der Waals surface area (Å²) in [5.74, 6) is -0.873. The van der Waals surface area contributed by atoms with Crippen LogP contribution in [0, 0.1) is 20.2 Å². The van der Waals surface area contributed by atoms with Crippen LogP contribution in [-0.2, 0) is 9.59 Å². The average Bonchev–Trinajstić information content (AvgIpc) is 3.02. The van der Waals surface area contributed by atoms with Crippen LogP contribution in [0.25, 0.3) is 0 Å². The summed E-state index contributed by atoms with van der Waals surface area (Å²) >= 11 is 1.07. The Kier molecular flexibility index (Phi) is 6.60. The van der Waals surface area contributed by atoms with Crippen molar-refractivity contribution in [2.75, 3.05) is 11.9 Å². The molecule has 12 heteroatoms. The van der Waals surface area contributed by atoms with Crippen LogP contribution in [0.15, 0.2) is 53.5 Å². The van der Waals surface area contributed by atoms with Crippen LogP contribution in [0.2, 0.25) is 0 Å². The number of carbonyl (C=O) groups excluding carboxylic acids is 2. The minimum Gasteiger partial charge on any atom is -0.320 e. The van der Waals surface area contributed by atoms with E-state index in [0.29, 0.717) is 17.4 Å². The van der Waals surface area contributed by atoms with Gasteiger partial charge in [-0.3, -0.25) is 34.7 Å². The van der Waals surface area contributed by atoms with E-state index in [0.717, 1.165) is 11.8 Å². The Morgan fingerprint density at radius 2 is 1.90 bits per heavy atom. The molecular formula is C19H17N5O6S. The molecule has 2 amide bonds. The minimum absolute atomic E-state index is 0.0470. The maximum Gasteiger partial charge on any atom is 0.292 e. The molecule has 0 aliphatic carbocycles. The number of amidine groups is 1. The smallest absolute Gasteiger partial charge is 0.292 e.